The monoisotopic (exact) mass is 478 g/mol. The van der Waals surface area contributed by atoms with Crippen LogP contribution in [0.2, 0.25) is 0 Å². The van der Waals surface area contributed by atoms with Crippen molar-refractivity contribution in [2.24, 2.45) is 9.98 Å². The third kappa shape index (κ3) is 2.84. The van der Waals surface area contributed by atoms with E-state index < -0.39 is 0 Å². The summed E-state index contributed by atoms with van der Waals surface area (Å²) in [6.45, 7) is 22.6. The molecule has 0 fully saturated rings. The lowest BCUT2D eigenvalue weighted by Gasteiger charge is -2.23. The minimum Gasteiger partial charge on any atom is -0.351 e. The van der Waals surface area contributed by atoms with Crippen LogP contribution in [0.15, 0.2) is 22.1 Å². The van der Waals surface area contributed by atoms with Gasteiger partial charge in [0.1, 0.15) is 12.1 Å². The molecule has 0 radical (unpaired) electrons. The molecule has 162 valence electrons. The van der Waals surface area contributed by atoms with Crippen molar-refractivity contribution >= 4 is 44.6 Å². The van der Waals surface area contributed by atoms with Gasteiger partial charge in [0, 0.05) is 10.8 Å². The molecule has 1 aromatic carbocycles. The Kier molecular flexibility index (Phi) is 4.54. The molecule has 2 aliphatic carbocycles. The van der Waals surface area contributed by atoms with Gasteiger partial charge < -0.3 is 9.69 Å². The molecule has 5 rings (SSSR count). The zero-order valence-electron chi connectivity index (χ0n) is 18.5. The second kappa shape index (κ2) is 7.14. The molecule has 2 heterocycles. The number of hydrogen-bond donors (Lipinski definition) is 0. The topological polar surface area (TPSA) is 107 Å². The van der Waals surface area contributed by atoms with Crippen LogP contribution in [0.25, 0.3) is 30.6 Å². The molecule has 0 unspecified atom stereocenters. The van der Waals surface area contributed by atoms with Crippen molar-refractivity contribution in [1.82, 2.24) is 9.97 Å². The summed E-state index contributed by atoms with van der Waals surface area (Å²) in [4.78, 5) is 25.9. The fourth-order valence-electron chi connectivity index (χ4n) is 4.52. The van der Waals surface area contributed by atoms with E-state index in [9.17, 15) is 0 Å². The fourth-order valence-corrected chi connectivity index (χ4v) is 6.78. The molecule has 34 heavy (non-hydrogen) atoms. The van der Waals surface area contributed by atoms with Crippen LogP contribution < -0.4 is 0 Å². The Labute approximate surface area is 203 Å². The molecule has 8 nitrogen and oxygen atoms in total. The van der Waals surface area contributed by atoms with Crippen LogP contribution in [-0.2, 0) is 10.8 Å². The average molecular weight is 479 g/mol. The van der Waals surface area contributed by atoms with Gasteiger partial charge in [0.2, 0.25) is 0 Å². The standard InChI is InChI=1S/C24H14N8S2/c1-23(2)13-7-12-14(8-11(13)17-19(23)31-21(33-17)29-15(9-25)27-5)24(3,4)20-18(12)34-22(32-20)30-16(10-26)28-6/h7-8H,1-4H3. The van der Waals surface area contributed by atoms with Crippen LogP contribution in [-0.4, -0.2) is 21.6 Å². The minimum atomic E-state index is -0.383. The lowest BCUT2D eigenvalue weighted by molar-refractivity contribution is 0.632. The van der Waals surface area contributed by atoms with Gasteiger partial charge in [-0.1, -0.05) is 73.5 Å². The number of hydrogen-bond acceptors (Lipinski definition) is 8. The maximum Gasteiger partial charge on any atom is 0.352 e. The number of nitriles is 2. The second-order valence-corrected chi connectivity index (χ2v) is 10.8. The van der Waals surface area contributed by atoms with Crippen molar-refractivity contribution in [2.75, 3.05) is 0 Å². The minimum absolute atomic E-state index is 0.229. The van der Waals surface area contributed by atoms with Crippen LogP contribution in [0.1, 0.15) is 50.2 Å². The van der Waals surface area contributed by atoms with E-state index >= 15 is 0 Å². The van der Waals surface area contributed by atoms with Crippen molar-refractivity contribution in [2.45, 2.75) is 38.5 Å². The summed E-state index contributed by atoms with van der Waals surface area (Å²) in [6.07, 6.45) is 0. The highest BCUT2D eigenvalue weighted by Gasteiger charge is 2.45. The molecular formula is C24H14N8S2. The molecule has 10 heteroatoms. The van der Waals surface area contributed by atoms with Gasteiger partial charge in [0.15, 0.2) is 0 Å². The molecule has 2 aliphatic rings. The summed E-state index contributed by atoms with van der Waals surface area (Å²) in [5, 5.41) is 18.9. The molecule has 0 bridgehead atoms. The van der Waals surface area contributed by atoms with Crippen molar-refractivity contribution in [3.8, 4) is 33.0 Å². The summed E-state index contributed by atoms with van der Waals surface area (Å²) < 4.78 is 0. The van der Waals surface area contributed by atoms with Crippen LogP contribution in [0, 0.1) is 35.8 Å². The fraction of sp³-hybridized carbons (Fsp3) is 0.250. The van der Waals surface area contributed by atoms with E-state index in [1.165, 1.54) is 22.7 Å². The lowest BCUT2D eigenvalue weighted by atomic mass is 9.81. The summed E-state index contributed by atoms with van der Waals surface area (Å²) >= 11 is 2.78. The molecule has 0 spiro atoms. The Morgan fingerprint density at radius 2 is 1.21 bits per heavy atom. The Bertz CT molecular complexity index is 1500. The first-order chi connectivity index (χ1) is 16.1. The lowest BCUT2D eigenvalue weighted by Crippen LogP contribution is -2.18. The van der Waals surface area contributed by atoms with E-state index in [2.05, 4.69) is 69.5 Å². The van der Waals surface area contributed by atoms with E-state index in [4.69, 9.17) is 23.7 Å². The number of aliphatic imine (C=N–C) groups is 2. The van der Waals surface area contributed by atoms with Crippen molar-refractivity contribution in [1.29, 1.82) is 10.5 Å². The van der Waals surface area contributed by atoms with Gasteiger partial charge in [-0.3, -0.25) is 0 Å². The van der Waals surface area contributed by atoms with Crippen LogP contribution in [0.5, 0.6) is 0 Å². The van der Waals surface area contributed by atoms with E-state index in [-0.39, 0.29) is 22.5 Å². The van der Waals surface area contributed by atoms with Gasteiger partial charge in [-0.25, -0.2) is 20.5 Å². The van der Waals surface area contributed by atoms with Crippen molar-refractivity contribution in [3.63, 3.8) is 0 Å². The van der Waals surface area contributed by atoms with Gasteiger partial charge in [-0.05, 0) is 34.4 Å². The van der Waals surface area contributed by atoms with E-state index in [1.807, 2.05) is 0 Å². The van der Waals surface area contributed by atoms with Crippen molar-refractivity contribution in [3.05, 3.63) is 57.5 Å². The first-order valence-electron chi connectivity index (χ1n) is 10.1. The van der Waals surface area contributed by atoms with Crippen molar-refractivity contribution < 1.29 is 0 Å². The maximum atomic E-state index is 9.06. The number of fused-ring (bicyclic) bond motifs is 6. The third-order valence-electron chi connectivity index (χ3n) is 6.22. The highest BCUT2D eigenvalue weighted by molar-refractivity contribution is 7.19. The highest BCUT2D eigenvalue weighted by atomic mass is 32.1. The number of benzene rings is 1. The molecule has 0 amide bonds. The van der Waals surface area contributed by atoms with Crippen LogP contribution in [0.4, 0.5) is 10.3 Å². The maximum absolute atomic E-state index is 9.06. The average Bonchev–Trinajstić information content (AvgIpc) is 3.52. The van der Waals surface area contributed by atoms with E-state index in [0.29, 0.717) is 10.3 Å². The molecule has 0 aliphatic heterocycles. The van der Waals surface area contributed by atoms with E-state index in [0.717, 1.165) is 43.4 Å². The van der Waals surface area contributed by atoms with Gasteiger partial charge in [0.25, 0.3) is 0 Å². The summed E-state index contributed by atoms with van der Waals surface area (Å²) in [5.74, 6) is -0.459. The van der Waals surface area contributed by atoms with E-state index in [1.54, 1.807) is 12.1 Å². The number of nitrogens with zero attached hydrogens (tertiary/aromatic N) is 8. The molecule has 0 saturated carbocycles. The van der Waals surface area contributed by atoms with Gasteiger partial charge in [0.05, 0.1) is 21.1 Å². The highest BCUT2D eigenvalue weighted by Crippen LogP contribution is 2.59. The summed E-state index contributed by atoms with van der Waals surface area (Å²) in [5.41, 5.74) is 5.46. The predicted octanol–water partition coefficient (Wildman–Crippen LogP) is 6.16. The molecule has 0 atom stereocenters. The zero-order valence-corrected chi connectivity index (χ0v) is 20.2. The number of amidine groups is 2. The van der Waals surface area contributed by atoms with Crippen LogP contribution in [0.3, 0.4) is 0 Å². The largest absolute Gasteiger partial charge is 0.352 e. The van der Waals surface area contributed by atoms with Gasteiger partial charge >= 0.3 is 21.9 Å². The smallest absolute Gasteiger partial charge is 0.351 e. The predicted molar refractivity (Wildman–Crippen MR) is 132 cm³/mol. The normalized spacial score (nSPS) is 16.4. The van der Waals surface area contributed by atoms with Crippen LogP contribution >= 0.6 is 22.7 Å². The van der Waals surface area contributed by atoms with Gasteiger partial charge in [-0.15, -0.1) is 0 Å². The Morgan fingerprint density at radius 3 is 1.53 bits per heavy atom. The second-order valence-electron chi connectivity index (χ2n) is 8.86. The summed E-state index contributed by atoms with van der Waals surface area (Å²) in [6, 6.07) is 7.98. The first kappa shape index (κ1) is 21.6. The number of rotatable bonds is 2. The molecular weight excluding hydrogens is 464 g/mol. The third-order valence-corrected chi connectivity index (χ3v) is 8.19. The number of aromatic nitrogens is 2. The SMILES string of the molecule is [C-]#[N+]C(C#N)=Nc1nc2c(s1)-c1cc3c(cc1C2(C)C)-c1sc(N=C(C#N)[N+]#[C-])nc1C3(C)C. The zero-order chi connectivity index (χ0) is 24.4. The molecule has 0 N–H and O–H groups in total. The molecule has 0 saturated heterocycles. The Hall–Kier alpha value is -4.22. The Balaban J connectivity index is 1.69. The summed E-state index contributed by atoms with van der Waals surface area (Å²) in [7, 11) is 0. The molecule has 3 aromatic rings. The first-order valence-corrected chi connectivity index (χ1v) is 11.7. The van der Waals surface area contributed by atoms with Gasteiger partial charge in [-0.2, -0.15) is 0 Å². The number of thiazole rings is 2. The Morgan fingerprint density at radius 1 is 0.824 bits per heavy atom. The quantitative estimate of drug-likeness (QED) is 0.250. The molecule has 2 aromatic heterocycles.